The molecule has 2 atom stereocenters. The number of hydrogen-bond donors (Lipinski definition) is 0. The molecule has 0 aromatic heterocycles. The summed E-state index contributed by atoms with van der Waals surface area (Å²) < 4.78 is 26.7. The number of benzene rings is 2. The summed E-state index contributed by atoms with van der Waals surface area (Å²) in [5, 5.41) is 0. The van der Waals surface area contributed by atoms with E-state index in [4.69, 9.17) is 0 Å². The van der Waals surface area contributed by atoms with E-state index < -0.39 is 11.6 Å². The van der Waals surface area contributed by atoms with E-state index in [9.17, 15) is 13.6 Å². The molecule has 2 aromatic carbocycles. The number of ketones is 1. The fourth-order valence-corrected chi connectivity index (χ4v) is 4.32. The molecule has 2 aliphatic carbocycles. The predicted molar refractivity (Wildman–Crippen MR) is 85.0 cm³/mol. The normalized spacial score (nSPS) is 26.5. The van der Waals surface area contributed by atoms with Crippen molar-refractivity contribution in [3.63, 3.8) is 0 Å². The van der Waals surface area contributed by atoms with Gasteiger partial charge < -0.3 is 0 Å². The van der Waals surface area contributed by atoms with Crippen LogP contribution < -0.4 is 0 Å². The van der Waals surface area contributed by atoms with Crippen molar-refractivity contribution in [1.82, 2.24) is 0 Å². The molecule has 23 heavy (non-hydrogen) atoms. The van der Waals surface area contributed by atoms with Crippen molar-refractivity contribution in [1.29, 1.82) is 0 Å². The van der Waals surface area contributed by atoms with Gasteiger partial charge in [0.15, 0.2) is 0 Å². The Morgan fingerprint density at radius 3 is 1.91 bits per heavy atom. The van der Waals surface area contributed by atoms with Gasteiger partial charge in [-0.25, -0.2) is 8.78 Å². The largest absolute Gasteiger partial charge is 0.300 e. The fourth-order valence-electron chi connectivity index (χ4n) is 4.32. The van der Waals surface area contributed by atoms with Crippen LogP contribution in [0.1, 0.15) is 37.2 Å². The summed E-state index contributed by atoms with van der Waals surface area (Å²) in [4.78, 5) is 11.5. The van der Waals surface area contributed by atoms with Gasteiger partial charge in [-0.1, -0.05) is 24.3 Å². The van der Waals surface area contributed by atoms with Crippen LogP contribution in [0, 0.1) is 23.5 Å². The van der Waals surface area contributed by atoms with Crippen molar-refractivity contribution in [2.75, 3.05) is 0 Å². The summed E-state index contributed by atoms with van der Waals surface area (Å²) >= 11 is 0. The van der Waals surface area contributed by atoms with E-state index in [1.807, 2.05) is 12.1 Å². The second-order valence-electron chi connectivity index (χ2n) is 6.92. The van der Waals surface area contributed by atoms with Crippen molar-refractivity contribution in [3.8, 4) is 11.1 Å². The molecule has 0 aliphatic heterocycles. The first-order chi connectivity index (χ1) is 11.1. The molecule has 2 unspecified atom stereocenters. The Kier molecular flexibility index (Phi) is 3.51. The van der Waals surface area contributed by atoms with Crippen LogP contribution in [0.4, 0.5) is 8.78 Å². The van der Waals surface area contributed by atoms with Crippen molar-refractivity contribution in [3.05, 3.63) is 59.7 Å². The summed E-state index contributed by atoms with van der Waals surface area (Å²) in [5.74, 6) is 0.932. The molecule has 0 N–H and O–H groups in total. The van der Waals surface area contributed by atoms with E-state index in [2.05, 4.69) is 12.1 Å². The van der Waals surface area contributed by atoms with Crippen LogP contribution in [0.3, 0.4) is 0 Å². The van der Waals surface area contributed by atoms with E-state index in [1.54, 1.807) is 0 Å². The second-order valence-corrected chi connectivity index (χ2v) is 6.92. The first kappa shape index (κ1) is 14.6. The molecule has 2 aliphatic rings. The van der Waals surface area contributed by atoms with Gasteiger partial charge in [-0.3, -0.25) is 4.79 Å². The molecule has 0 heterocycles. The average Bonchev–Trinajstić information content (AvgIpc) is 3.03. The molecule has 0 amide bonds. The van der Waals surface area contributed by atoms with Crippen LogP contribution in [-0.2, 0) is 4.79 Å². The van der Waals surface area contributed by atoms with E-state index in [-0.39, 0.29) is 0 Å². The van der Waals surface area contributed by atoms with Gasteiger partial charge >= 0.3 is 0 Å². The lowest BCUT2D eigenvalue weighted by atomic mass is 9.93. The number of Topliss-reactive ketones (excluding diaryl/α,β-unsaturated/α-hetero) is 1. The highest BCUT2D eigenvalue weighted by Crippen LogP contribution is 2.49. The molecular formula is C20H18F2O. The number of carbonyl (C=O) groups is 1. The van der Waals surface area contributed by atoms with Crippen molar-refractivity contribution < 1.29 is 13.6 Å². The third kappa shape index (κ3) is 2.80. The maximum Gasteiger partial charge on any atom is 0.133 e. The lowest BCUT2D eigenvalue weighted by Gasteiger charge is -2.12. The van der Waals surface area contributed by atoms with Crippen LogP contribution in [0.5, 0.6) is 0 Å². The standard InChI is InChI=1S/C20H18F2O/c21-18-7-17(8-19(22)11-18)13-3-1-12(2-4-13)14-5-15-9-20(23)10-16(15)6-14/h1-4,7-8,11,14-16H,5-6,9-10H2. The van der Waals surface area contributed by atoms with Crippen LogP contribution in [0.15, 0.2) is 42.5 Å². The molecule has 118 valence electrons. The zero-order valence-electron chi connectivity index (χ0n) is 12.8. The number of hydrogen-bond acceptors (Lipinski definition) is 1. The molecule has 2 aromatic rings. The second kappa shape index (κ2) is 5.55. The highest BCUT2D eigenvalue weighted by atomic mass is 19.1. The minimum absolute atomic E-state index is 0.418. The molecule has 0 bridgehead atoms. The Bertz CT molecular complexity index is 714. The van der Waals surface area contributed by atoms with Gasteiger partial charge in [0.1, 0.15) is 17.4 Å². The Labute approximate surface area is 134 Å². The molecule has 3 heteroatoms. The Hall–Kier alpha value is -2.03. The molecular weight excluding hydrogens is 294 g/mol. The lowest BCUT2D eigenvalue weighted by Crippen LogP contribution is -1.98. The number of fused-ring (bicyclic) bond motifs is 1. The SMILES string of the molecule is O=C1CC2CC(c3ccc(-c4cc(F)cc(F)c4)cc3)CC2C1. The Morgan fingerprint density at radius 1 is 0.783 bits per heavy atom. The summed E-state index contributed by atoms with van der Waals surface area (Å²) in [7, 11) is 0. The van der Waals surface area contributed by atoms with Crippen LogP contribution in [-0.4, -0.2) is 5.78 Å². The molecule has 1 nitrogen and oxygen atoms in total. The summed E-state index contributed by atoms with van der Waals surface area (Å²) in [6.07, 6.45) is 3.68. The minimum Gasteiger partial charge on any atom is -0.300 e. The van der Waals surface area contributed by atoms with Gasteiger partial charge in [0.05, 0.1) is 0 Å². The monoisotopic (exact) mass is 312 g/mol. The van der Waals surface area contributed by atoms with Gasteiger partial charge in [-0.05, 0) is 59.4 Å². The van der Waals surface area contributed by atoms with Crippen molar-refractivity contribution in [2.24, 2.45) is 11.8 Å². The first-order valence-corrected chi connectivity index (χ1v) is 8.16. The first-order valence-electron chi connectivity index (χ1n) is 8.16. The number of rotatable bonds is 2. The van der Waals surface area contributed by atoms with E-state index in [1.165, 1.54) is 17.7 Å². The third-order valence-electron chi connectivity index (χ3n) is 5.40. The molecule has 4 rings (SSSR count). The molecule has 0 radical (unpaired) electrons. The van der Waals surface area contributed by atoms with Crippen molar-refractivity contribution >= 4 is 5.78 Å². The van der Waals surface area contributed by atoms with Gasteiger partial charge in [0.25, 0.3) is 0 Å². The van der Waals surface area contributed by atoms with Gasteiger partial charge in [0, 0.05) is 18.9 Å². The fraction of sp³-hybridized carbons (Fsp3) is 0.350. The average molecular weight is 312 g/mol. The topological polar surface area (TPSA) is 17.1 Å². The predicted octanol–water partition coefficient (Wildman–Crippen LogP) is 5.10. The molecule has 0 saturated heterocycles. The Balaban J connectivity index is 1.54. The maximum atomic E-state index is 13.3. The van der Waals surface area contributed by atoms with Crippen molar-refractivity contribution in [2.45, 2.75) is 31.6 Å². The molecule has 0 spiro atoms. The quantitative estimate of drug-likeness (QED) is 0.753. The van der Waals surface area contributed by atoms with E-state index >= 15 is 0 Å². The smallest absolute Gasteiger partial charge is 0.133 e. The van der Waals surface area contributed by atoms with E-state index in [0.29, 0.717) is 29.1 Å². The van der Waals surface area contributed by atoms with Gasteiger partial charge in [-0.2, -0.15) is 0 Å². The summed E-state index contributed by atoms with van der Waals surface area (Å²) in [6.45, 7) is 0. The Morgan fingerprint density at radius 2 is 1.35 bits per heavy atom. The maximum absolute atomic E-state index is 13.3. The van der Waals surface area contributed by atoms with Crippen LogP contribution >= 0.6 is 0 Å². The zero-order chi connectivity index (χ0) is 16.0. The number of halogens is 2. The highest BCUT2D eigenvalue weighted by molar-refractivity contribution is 5.81. The summed E-state index contributed by atoms with van der Waals surface area (Å²) in [6, 6.07) is 11.6. The van der Waals surface area contributed by atoms with Gasteiger partial charge in [-0.15, -0.1) is 0 Å². The van der Waals surface area contributed by atoms with Gasteiger partial charge in [0.2, 0.25) is 0 Å². The minimum atomic E-state index is -0.558. The van der Waals surface area contributed by atoms with Crippen LogP contribution in [0.2, 0.25) is 0 Å². The summed E-state index contributed by atoms with van der Waals surface area (Å²) in [5.41, 5.74) is 2.65. The van der Waals surface area contributed by atoms with E-state index in [0.717, 1.165) is 37.3 Å². The molecule has 2 fully saturated rings. The van der Waals surface area contributed by atoms with Crippen LogP contribution in [0.25, 0.3) is 11.1 Å². The molecule has 2 saturated carbocycles. The highest BCUT2D eigenvalue weighted by Gasteiger charge is 2.41. The third-order valence-corrected chi connectivity index (χ3v) is 5.40. The zero-order valence-corrected chi connectivity index (χ0v) is 12.8. The number of carbonyl (C=O) groups excluding carboxylic acids is 1. The lowest BCUT2D eigenvalue weighted by molar-refractivity contribution is -0.117.